The Labute approximate surface area is 89.9 Å². The summed E-state index contributed by atoms with van der Waals surface area (Å²) in [5.41, 5.74) is 0. The molecule has 0 fully saturated rings. The van der Waals surface area contributed by atoms with Gasteiger partial charge >= 0.3 is 88.7 Å². The van der Waals surface area contributed by atoms with Crippen LogP contribution in [0.2, 0.25) is 11.4 Å². The number of rotatable bonds is 3. The number of hydrogen-bond acceptors (Lipinski definition) is 0. The van der Waals surface area contributed by atoms with E-state index in [2.05, 4.69) is 55.5 Å². The van der Waals surface area contributed by atoms with Gasteiger partial charge in [-0.3, -0.25) is 0 Å². The summed E-state index contributed by atoms with van der Waals surface area (Å²) in [6.45, 7) is 2.37. The largest absolute Gasteiger partial charge is 1.00 e. The summed E-state index contributed by atoms with van der Waals surface area (Å²) in [6, 6.07) is 0. The zero-order valence-corrected chi connectivity index (χ0v) is 10.4. The first kappa shape index (κ1) is 9.40. The van der Waals surface area contributed by atoms with Crippen LogP contribution in [0.5, 0.6) is 0 Å². The molecule has 1 heteroatoms. The van der Waals surface area contributed by atoms with Crippen LogP contribution >= 0.6 is 0 Å². The van der Waals surface area contributed by atoms with Gasteiger partial charge in [0.2, 0.25) is 0 Å². The Morgan fingerprint density at radius 2 is 1.31 bits per heavy atom. The van der Waals surface area contributed by atoms with E-state index in [0.717, 1.165) is 7.25 Å². The zero-order chi connectivity index (χ0) is 9.10. The molecule has 0 aliphatic heterocycles. The zero-order valence-electron chi connectivity index (χ0n) is 8.98. The standard InChI is InChI=1S/2C5H5.C2H5.Zr.H/c2*1-2-4-5-3-1;1-2;;/h2*1-5H;1H2,2H3;;/q;;;+1;-1. The molecule has 0 amide bonds. The van der Waals surface area contributed by atoms with Crippen LogP contribution in [-0.2, 0) is 21.8 Å². The maximum Gasteiger partial charge on any atom is -1.00 e. The van der Waals surface area contributed by atoms with Crippen molar-refractivity contribution in [2.45, 2.75) is 18.3 Å². The van der Waals surface area contributed by atoms with Crippen LogP contribution in [0.15, 0.2) is 48.6 Å². The Kier molecular flexibility index (Phi) is 3.16. The maximum absolute atomic E-state index is 2.40. The van der Waals surface area contributed by atoms with E-state index in [1.165, 1.54) is 4.13 Å². The molecule has 0 heterocycles. The third-order valence-electron chi connectivity index (χ3n) is 2.76. The van der Waals surface area contributed by atoms with E-state index in [0.29, 0.717) is 0 Å². The molecule has 0 nitrogen and oxygen atoms in total. The minimum Gasteiger partial charge on any atom is -1.00 e. The molecule has 0 aromatic carbocycles. The Bertz CT molecular complexity index is 237. The Hall–Kier alpha value is -0.157. The van der Waals surface area contributed by atoms with E-state index in [-0.39, 0.29) is 1.43 Å². The van der Waals surface area contributed by atoms with Crippen molar-refractivity contribution in [1.29, 1.82) is 0 Å². The monoisotopic (exact) mass is 250 g/mol. The molecule has 0 aromatic rings. The Morgan fingerprint density at radius 1 is 0.923 bits per heavy atom. The van der Waals surface area contributed by atoms with Crippen molar-refractivity contribution in [3.05, 3.63) is 48.6 Å². The first-order chi connectivity index (χ1) is 6.42. The average Bonchev–Trinajstić information content (AvgIpc) is 2.76. The second kappa shape index (κ2) is 4.37. The van der Waals surface area contributed by atoms with Crippen LogP contribution in [0, 0.1) is 0 Å². The third-order valence-corrected chi connectivity index (χ3v) is 10.9. The Morgan fingerprint density at radius 3 is 1.62 bits per heavy atom. The molecule has 0 radical (unpaired) electrons. The molecule has 0 atom stereocenters. The van der Waals surface area contributed by atoms with Gasteiger partial charge < -0.3 is 1.43 Å². The quantitative estimate of drug-likeness (QED) is 0.711. The smallest absolute Gasteiger partial charge is 1.00 e. The SMILES string of the molecule is C[CH2][Zr+]([CH]1C=CC=C1)[CH]1C=CC=C1.[H-]. The second-order valence-corrected chi connectivity index (χ2v) is 11.4. The fourth-order valence-corrected chi connectivity index (χ4v) is 8.98. The molecular weight excluding hydrogens is 235 g/mol. The van der Waals surface area contributed by atoms with Crippen molar-refractivity contribution in [2.24, 2.45) is 0 Å². The van der Waals surface area contributed by atoms with Crippen LogP contribution in [0.1, 0.15) is 8.35 Å². The van der Waals surface area contributed by atoms with Gasteiger partial charge in [-0.05, 0) is 0 Å². The molecule has 0 bridgehead atoms. The number of hydrogen-bond donors (Lipinski definition) is 0. The predicted molar refractivity (Wildman–Crippen MR) is 55.7 cm³/mol. The normalized spacial score (nSPS) is 20.7. The van der Waals surface area contributed by atoms with E-state index < -0.39 is 21.8 Å². The van der Waals surface area contributed by atoms with Gasteiger partial charge in [0.1, 0.15) is 0 Å². The number of allylic oxidation sites excluding steroid dienone is 8. The van der Waals surface area contributed by atoms with Gasteiger partial charge in [0, 0.05) is 0 Å². The topological polar surface area (TPSA) is 0 Å². The summed E-state index contributed by atoms with van der Waals surface area (Å²) in [5, 5.41) is 0. The first-order valence-corrected chi connectivity index (χ1v) is 9.55. The molecule has 2 aliphatic rings. The molecule has 0 saturated heterocycles. The molecule has 0 N–H and O–H groups in total. The van der Waals surface area contributed by atoms with E-state index in [4.69, 9.17) is 0 Å². The van der Waals surface area contributed by atoms with Crippen molar-refractivity contribution in [1.82, 2.24) is 0 Å². The fraction of sp³-hybridized carbons (Fsp3) is 0.333. The van der Waals surface area contributed by atoms with Crippen LogP contribution in [0.25, 0.3) is 0 Å². The molecule has 2 aliphatic carbocycles. The van der Waals surface area contributed by atoms with Crippen LogP contribution in [-0.4, -0.2) is 0 Å². The van der Waals surface area contributed by atoms with Gasteiger partial charge in [-0.25, -0.2) is 0 Å². The van der Waals surface area contributed by atoms with Gasteiger partial charge in [-0.2, -0.15) is 0 Å². The van der Waals surface area contributed by atoms with E-state index >= 15 is 0 Å². The van der Waals surface area contributed by atoms with E-state index in [1.807, 2.05) is 0 Å². The maximum atomic E-state index is 2.40. The second-order valence-electron chi connectivity index (χ2n) is 3.52. The Balaban J connectivity index is 0.000000980. The van der Waals surface area contributed by atoms with Gasteiger partial charge in [0.15, 0.2) is 0 Å². The van der Waals surface area contributed by atoms with Crippen molar-refractivity contribution in [3.8, 4) is 0 Å². The summed E-state index contributed by atoms with van der Waals surface area (Å²) in [7, 11) is 0. The van der Waals surface area contributed by atoms with Crippen molar-refractivity contribution < 1.29 is 23.2 Å². The molecule has 0 spiro atoms. The molecule has 0 unspecified atom stereocenters. The fourth-order valence-electron chi connectivity index (χ4n) is 2.05. The summed E-state index contributed by atoms with van der Waals surface area (Å²) in [5.74, 6) is 0. The molecule has 0 aromatic heterocycles. The predicted octanol–water partition coefficient (Wildman–Crippen LogP) is 3.98. The first-order valence-electron chi connectivity index (χ1n) is 4.97. The summed E-state index contributed by atoms with van der Waals surface area (Å²) in [6.07, 6.45) is 18.5. The van der Waals surface area contributed by atoms with Crippen molar-refractivity contribution >= 4 is 0 Å². The van der Waals surface area contributed by atoms with Crippen LogP contribution in [0.3, 0.4) is 0 Å². The molecule has 13 heavy (non-hydrogen) atoms. The van der Waals surface area contributed by atoms with Gasteiger partial charge in [0.05, 0.1) is 0 Å². The van der Waals surface area contributed by atoms with Crippen LogP contribution in [0.4, 0.5) is 0 Å². The summed E-state index contributed by atoms with van der Waals surface area (Å²) < 4.78 is 3.15. The molecular formula is C12H16Zr. The average molecular weight is 251 g/mol. The molecule has 0 saturated carbocycles. The van der Waals surface area contributed by atoms with Gasteiger partial charge in [-0.1, -0.05) is 0 Å². The van der Waals surface area contributed by atoms with E-state index in [1.54, 1.807) is 0 Å². The molecule has 68 valence electrons. The van der Waals surface area contributed by atoms with Gasteiger partial charge in [0.25, 0.3) is 0 Å². The minimum atomic E-state index is -1.26. The van der Waals surface area contributed by atoms with Crippen LogP contribution < -0.4 is 0 Å². The third kappa shape index (κ3) is 2.02. The van der Waals surface area contributed by atoms with Crippen molar-refractivity contribution in [3.63, 3.8) is 0 Å². The molecule has 2 rings (SSSR count). The van der Waals surface area contributed by atoms with Gasteiger partial charge in [-0.15, -0.1) is 0 Å². The summed E-state index contributed by atoms with van der Waals surface area (Å²) in [4.78, 5) is 0. The van der Waals surface area contributed by atoms with Crippen molar-refractivity contribution in [2.75, 3.05) is 0 Å². The summed E-state index contributed by atoms with van der Waals surface area (Å²) >= 11 is -1.26. The minimum absolute atomic E-state index is 0. The van der Waals surface area contributed by atoms with E-state index in [9.17, 15) is 0 Å².